The zero-order valence-electron chi connectivity index (χ0n) is 15.7. The van der Waals surface area contributed by atoms with Crippen LogP contribution in [0.25, 0.3) is 0 Å². The van der Waals surface area contributed by atoms with E-state index in [0.29, 0.717) is 16.5 Å². The predicted octanol–water partition coefficient (Wildman–Crippen LogP) is 4.13. The van der Waals surface area contributed by atoms with Crippen LogP contribution in [0.1, 0.15) is 0 Å². The molecule has 0 spiro atoms. The lowest BCUT2D eigenvalue weighted by Crippen LogP contribution is -2.61. The summed E-state index contributed by atoms with van der Waals surface area (Å²) >= 11 is 11.5. The third-order valence-corrected chi connectivity index (χ3v) is 5.28. The molecule has 0 aliphatic carbocycles. The summed E-state index contributed by atoms with van der Waals surface area (Å²) in [5.41, 5.74) is 1.35. The first-order chi connectivity index (χ1) is 14.6. The number of rotatable bonds is 5. The molecule has 0 bridgehead atoms. The van der Waals surface area contributed by atoms with Crippen LogP contribution in [0.4, 0.5) is 17.2 Å². The van der Waals surface area contributed by atoms with Gasteiger partial charge in [-0.05, 0) is 60.7 Å². The minimum Gasteiger partial charge on any atom is -0.384 e. The van der Waals surface area contributed by atoms with Crippen molar-refractivity contribution in [2.75, 3.05) is 21.7 Å². The summed E-state index contributed by atoms with van der Waals surface area (Å²) in [6, 6.07) is 21.3. The highest BCUT2D eigenvalue weighted by Crippen LogP contribution is 2.28. The molecule has 1 N–H and O–H groups in total. The maximum absolute atomic E-state index is 13.3. The van der Waals surface area contributed by atoms with Crippen LogP contribution < -0.4 is 15.1 Å². The van der Waals surface area contributed by atoms with Gasteiger partial charge in [-0.3, -0.25) is 14.5 Å². The van der Waals surface area contributed by atoms with E-state index in [1.165, 1.54) is 9.80 Å². The lowest BCUT2D eigenvalue weighted by atomic mass is 10.0. The van der Waals surface area contributed by atoms with Crippen molar-refractivity contribution in [3.63, 3.8) is 0 Å². The quantitative estimate of drug-likeness (QED) is 0.481. The molecular formula is C22H17ClN4O2S. The van der Waals surface area contributed by atoms with Gasteiger partial charge in [-0.15, -0.1) is 0 Å². The highest BCUT2D eigenvalue weighted by molar-refractivity contribution is 7.81. The Morgan fingerprint density at radius 3 is 2.23 bits per heavy atom. The van der Waals surface area contributed by atoms with Crippen molar-refractivity contribution < 1.29 is 9.59 Å². The number of nitrogens with zero attached hydrogens (tertiary/aromatic N) is 3. The van der Waals surface area contributed by atoms with Gasteiger partial charge in [-0.1, -0.05) is 35.9 Å². The van der Waals surface area contributed by atoms with Gasteiger partial charge >= 0.3 is 0 Å². The molecular weight excluding hydrogens is 420 g/mol. The number of hydrogen-bond donors (Lipinski definition) is 1. The number of halogens is 1. The minimum atomic E-state index is -0.977. The lowest BCUT2D eigenvalue weighted by molar-refractivity contribution is -0.131. The fraction of sp³-hybridized carbons (Fsp3) is 0.0909. The number of carbonyl (C=O) groups is 2. The Kier molecular flexibility index (Phi) is 5.74. The molecule has 1 atom stereocenters. The monoisotopic (exact) mass is 436 g/mol. The topological polar surface area (TPSA) is 65.5 Å². The summed E-state index contributed by atoms with van der Waals surface area (Å²) in [5.74, 6) is -1.41. The molecule has 0 radical (unpaired) electrons. The molecule has 8 heteroatoms. The molecule has 4 rings (SSSR count). The van der Waals surface area contributed by atoms with E-state index in [1.54, 1.807) is 60.8 Å². The first kappa shape index (κ1) is 20.0. The van der Waals surface area contributed by atoms with E-state index in [1.807, 2.05) is 18.2 Å². The summed E-state index contributed by atoms with van der Waals surface area (Å²) in [6.45, 7) is 0.106. The van der Waals surface area contributed by atoms with Crippen LogP contribution in [-0.2, 0) is 9.59 Å². The SMILES string of the molecule is O=C1C(CNc2ccc(Cl)cc2)C(=O)N(c2ccccn2)C(=S)N1c1ccccc1. The van der Waals surface area contributed by atoms with E-state index in [0.717, 1.165) is 5.69 Å². The normalized spacial score (nSPS) is 16.7. The molecule has 1 unspecified atom stereocenters. The molecule has 0 saturated carbocycles. The van der Waals surface area contributed by atoms with Crippen LogP contribution in [0.5, 0.6) is 0 Å². The van der Waals surface area contributed by atoms with Gasteiger partial charge in [-0.25, -0.2) is 9.88 Å². The first-order valence-corrected chi connectivity index (χ1v) is 10.0. The molecule has 150 valence electrons. The minimum absolute atomic E-state index is 0.0812. The Morgan fingerprint density at radius 1 is 0.900 bits per heavy atom. The Labute approximate surface area is 184 Å². The molecule has 2 heterocycles. The number of thiocarbonyl (C=S) groups is 1. The number of para-hydroxylation sites is 1. The zero-order valence-corrected chi connectivity index (χ0v) is 17.3. The van der Waals surface area contributed by atoms with Crippen molar-refractivity contribution in [3.05, 3.63) is 84.0 Å². The Bertz CT molecular complexity index is 1020. The summed E-state index contributed by atoms with van der Waals surface area (Å²) in [5, 5.41) is 3.83. The van der Waals surface area contributed by atoms with Gasteiger partial charge in [0.1, 0.15) is 11.7 Å². The van der Waals surface area contributed by atoms with Crippen LogP contribution in [0, 0.1) is 5.92 Å². The maximum Gasteiger partial charge on any atom is 0.248 e. The van der Waals surface area contributed by atoms with Gasteiger partial charge in [0.25, 0.3) is 0 Å². The van der Waals surface area contributed by atoms with E-state index >= 15 is 0 Å². The number of amides is 2. The maximum atomic E-state index is 13.3. The average Bonchev–Trinajstić information content (AvgIpc) is 2.76. The standard InChI is InChI=1S/C22H17ClN4O2S/c23-15-9-11-16(12-10-15)25-14-18-20(28)26(17-6-2-1-3-7-17)22(30)27(21(18)29)19-8-4-5-13-24-19/h1-13,18,25H,14H2. The van der Waals surface area contributed by atoms with Crippen LogP contribution in [-0.4, -0.2) is 28.5 Å². The highest BCUT2D eigenvalue weighted by Gasteiger charge is 2.45. The number of pyridine rings is 1. The van der Waals surface area contributed by atoms with Crippen molar-refractivity contribution >= 4 is 57.9 Å². The summed E-state index contributed by atoms with van der Waals surface area (Å²) < 4.78 is 0. The fourth-order valence-corrected chi connectivity index (χ4v) is 3.68. The third-order valence-electron chi connectivity index (χ3n) is 4.67. The molecule has 3 aromatic rings. The Morgan fingerprint density at radius 2 is 1.57 bits per heavy atom. The largest absolute Gasteiger partial charge is 0.384 e. The fourth-order valence-electron chi connectivity index (χ4n) is 3.18. The molecule has 1 aromatic heterocycles. The second-order valence-corrected chi connectivity index (χ2v) is 7.40. The van der Waals surface area contributed by atoms with Crippen molar-refractivity contribution in [2.24, 2.45) is 5.92 Å². The molecule has 1 saturated heterocycles. The number of nitrogens with one attached hydrogen (secondary N) is 1. The van der Waals surface area contributed by atoms with Crippen LogP contribution in [0.2, 0.25) is 5.02 Å². The summed E-state index contributed by atoms with van der Waals surface area (Å²) in [7, 11) is 0. The highest BCUT2D eigenvalue weighted by atomic mass is 35.5. The van der Waals surface area contributed by atoms with Gasteiger partial charge < -0.3 is 5.32 Å². The van der Waals surface area contributed by atoms with Crippen molar-refractivity contribution in [1.29, 1.82) is 0 Å². The smallest absolute Gasteiger partial charge is 0.248 e. The predicted molar refractivity (Wildman–Crippen MR) is 122 cm³/mol. The molecule has 1 fully saturated rings. The van der Waals surface area contributed by atoms with Gasteiger partial charge in [-0.2, -0.15) is 0 Å². The molecule has 30 heavy (non-hydrogen) atoms. The van der Waals surface area contributed by atoms with Gasteiger partial charge in [0.2, 0.25) is 11.8 Å². The molecule has 2 aromatic carbocycles. The Balaban J connectivity index is 1.68. The second kappa shape index (κ2) is 8.61. The number of benzene rings is 2. The molecule has 1 aliphatic heterocycles. The van der Waals surface area contributed by atoms with Crippen molar-refractivity contribution in [3.8, 4) is 0 Å². The van der Waals surface area contributed by atoms with Crippen LogP contribution in [0.15, 0.2) is 79.0 Å². The average molecular weight is 437 g/mol. The van der Waals surface area contributed by atoms with Crippen molar-refractivity contribution in [2.45, 2.75) is 0 Å². The molecule has 2 amide bonds. The Hall–Kier alpha value is -3.29. The van der Waals surface area contributed by atoms with Crippen LogP contribution >= 0.6 is 23.8 Å². The molecule has 1 aliphatic rings. The summed E-state index contributed by atoms with van der Waals surface area (Å²) in [6.07, 6.45) is 1.58. The van der Waals surface area contributed by atoms with Gasteiger partial charge in [0.15, 0.2) is 5.11 Å². The van der Waals surface area contributed by atoms with E-state index in [-0.39, 0.29) is 17.6 Å². The second-order valence-electron chi connectivity index (χ2n) is 6.59. The van der Waals surface area contributed by atoms with Gasteiger partial charge in [0, 0.05) is 23.5 Å². The van der Waals surface area contributed by atoms with E-state index in [9.17, 15) is 9.59 Å². The first-order valence-electron chi connectivity index (χ1n) is 9.23. The van der Waals surface area contributed by atoms with E-state index in [4.69, 9.17) is 23.8 Å². The third kappa shape index (κ3) is 3.90. The number of aromatic nitrogens is 1. The van der Waals surface area contributed by atoms with Crippen LogP contribution in [0.3, 0.4) is 0 Å². The zero-order chi connectivity index (χ0) is 21.1. The van der Waals surface area contributed by atoms with E-state index in [2.05, 4.69) is 10.3 Å². The number of hydrogen-bond acceptors (Lipinski definition) is 5. The number of anilines is 3. The molecule has 6 nitrogen and oxygen atoms in total. The lowest BCUT2D eigenvalue weighted by Gasteiger charge is -2.38. The summed E-state index contributed by atoms with van der Waals surface area (Å²) in [4.78, 5) is 33.6. The van der Waals surface area contributed by atoms with E-state index < -0.39 is 11.8 Å². The van der Waals surface area contributed by atoms with Gasteiger partial charge in [0.05, 0.1) is 5.69 Å². The van der Waals surface area contributed by atoms with Crippen molar-refractivity contribution in [1.82, 2.24) is 4.98 Å². The number of carbonyl (C=O) groups excluding carboxylic acids is 2.